The van der Waals surface area contributed by atoms with Crippen molar-refractivity contribution >= 4 is 5.91 Å². The second kappa shape index (κ2) is 7.11. The number of ether oxygens (including phenoxy) is 1. The third-order valence-electron chi connectivity index (χ3n) is 3.27. The first-order valence-electron chi connectivity index (χ1n) is 6.69. The molecule has 1 amide bonds. The van der Waals surface area contributed by atoms with Crippen LogP contribution in [0.5, 0.6) is 5.75 Å². The zero-order valence-corrected chi connectivity index (χ0v) is 11.0. The topological polar surface area (TPSA) is 67.6 Å². The Morgan fingerprint density at radius 1 is 1.42 bits per heavy atom. The Balaban J connectivity index is 1.77. The highest BCUT2D eigenvalue weighted by atomic mass is 16.5. The molecule has 2 rings (SSSR count). The Hall–Kier alpha value is -1.59. The largest absolute Gasteiger partial charge is 0.493 e. The quantitative estimate of drug-likeness (QED) is 0.797. The van der Waals surface area contributed by atoms with E-state index in [1.165, 1.54) is 0 Å². The van der Waals surface area contributed by atoms with Crippen LogP contribution >= 0.6 is 0 Å². The SMILES string of the molecule is NCC1CNCCN1C(=O)CCOc1ccccc1. The van der Waals surface area contributed by atoms with E-state index in [1.807, 2.05) is 35.2 Å². The summed E-state index contributed by atoms with van der Waals surface area (Å²) in [4.78, 5) is 14.0. The summed E-state index contributed by atoms with van der Waals surface area (Å²) in [5, 5.41) is 3.25. The van der Waals surface area contributed by atoms with Crippen LogP contribution in [0.2, 0.25) is 0 Å². The molecule has 0 bridgehead atoms. The Kier molecular flexibility index (Phi) is 5.18. The van der Waals surface area contributed by atoms with Gasteiger partial charge >= 0.3 is 0 Å². The summed E-state index contributed by atoms with van der Waals surface area (Å²) in [5.41, 5.74) is 5.69. The molecular formula is C14H21N3O2. The van der Waals surface area contributed by atoms with Crippen LogP contribution in [0.3, 0.4) is 0 Å². The fourth-order valence-corrected chi connectivity index (χ4v) is 2.22. The molecule has 1 aliphatic rings. The first-order chi connectivity index (χ1) is 9.31. The van der Waals surface area contributed by atoms with Gasteiger partial charge in [-0.3, -0.25) is 4.79 Å². The normalized spacial score (nSPS) is 19.2. The Bertz CT molecular complexity index is 397. The van der Waals surface area contributed by atoms with Crippen molar-refractivity contribution in [3.8, 4) is 5.75 Å². The van der Waals surface area contributed by atoms with Crippen molar-refractivity contribution in [2.75, 3.05) is 32.8 Å². The summed E-state index contributed by atoms with van der Waals surface area (Å²) in [6.45, 7) is 3.25. The van der Waals surface area contributed by atoms with E-state index in [0.717, 1.165) is 25.4 Å². The van der Waals surface area contributed by atoms with Gasteiger partial charge in [0.25, 0.3) is 0 Å². The third kappa shape index (κ3) is 3.94. The molecule has 1 unspecified atom stereocenters. The van der Waals surface area contributed by atoms with Gasteiger partial charge < -0.3 is 20.7 Å². The van der Waals surface area contributed by atoms with Crippen LogP contribution in [0.15, 0.2) is 30.3 Å². The van der Waals surface area contributed by atoms with E-state index < -0.39 is 0 Å². The number of rotatable bonds is 5. The van der Waals surface area contributed by atoms with Crippen LogP contribution in [0.25, 0.3) is 0 Å². The average Bonchev–Trinajstić information content (AvgIpc) is 2.48. The van der Waals surface area contributed by atoms with Gasteiger partial charge in [-0.15, -0.1) is 0 Å². The third-order valence-corrected chi connectivity index (χ3v) is 3.27. The maximum atomic E-state index is 12.1. The van der Waals surface area contributed by atoms with E-state index in [1.54, 1.807) is 0 Å². The van der Waals surface area contributed by atoms with Gasteiger partial charge in [-0.2, -0.15) is 0 Å². The van der Waals surface area contributed by atoms with Crippen molar-refractivity contribution in [1.82, 2.24) is 10.2 Å². The molecule has 0 aliphatic carbocycles. The smallest absolute Gasteiger partial charge is 0.226 e. The molecule has 1 heterocycles. The predicted octanol–water partition coefficient (Wildman–Crippen LogP) is 0.215. The lowest BCUT2D eigenvalue weighted by atomic mass is 10.2. The minimum atomic E-state index is 0.109. The summed E-state index contributed by atoms with van der Waals surface area (Å²) in [6, 6.07) is 9.65. The van der Waals surface area contributed by atoms with Gasteiger partial charge in [0.1, 0.15) is 5.75 Å². The standard InChI is InChI=1S/C14H21N3O2/c15-10-12-11-16-7-8-17(12)14(18)6-9-19-13-4-2-1-3-5-13/h1-5,12,16H,6-11,15H2. The molecule has 1 fully saturated rings. The number of carbonyl (C=O) groups is 1. The van der Waals surface area contributed by atoms with Crippen LogP contribution in [-0.4, -0.2) is 49.6 Å². The fraction of sp³-hybridized carbons (Fsp3) is 0.500. The van der Waals surface area contributed by atoms with E-state index >= 15 is 0 Å². The minimum Gasteiger partial charge on any atom is -0.493 e. The number of carbonyl (C=O) groups excluding carboxylic acids is 1. The number of benzene rings is 1. The molecule has 1 saturated heterocycles. The van der Waals surface area contributed by atoms with Gasteiger partial charge in [-0.25, -0.2) is 0 Å². The second-order valence-electron chi connectivity index (χ2n) is 4.59. The molecule has 1 aromatic carbocycles. The highest BCUT2D eigenvalue weighted by Gasteiger charge is 2.24. The van der Waals surface area contributed by atoms with Gasteiger partial charge in [-0.05, 0) is 12.1 Å². The molecule has 5 nitrogen and oxygen atoms in total. The first kappa shape index (κ1) is 13.8. The summed E-state index contributed by atoms with van der Waals surface area (Å²) in [6.07, 6.45) is 0.394. The lowest BCUT2D eigenvalue weighted by molar-refractivity contribution is -0.134. The molecule has 104 valence electrons. The van der Waals surface area contributed by atoms with Crippen molar-refractivity contribution < 1.29 is 9.53 Å². The number of para-hydroxylation sites is 1. The molecule has 19 heavy (non-hydrogen) atoms. The lowest BCUT2D eigenvalue weighted by Gasteiger charge is -2.35. The summed E-state index contributed by atoms with van der Waals surface area (Å²) >= 11 is 0. The maximum Gasteiger partial charge on any atom is 0.226 e. The number of hydrogen-bond acceptors (Lipinski definition) is 4. The number of nitrogens with two attached hydrogens (primary N) is 1. The molecule has 5 heteroatoms. The van der Waals surface area contributed by atoms with Crippen molar-refractivity contribution in [1.29, 1.82) is 0 Å². The molecule has 0 aromatic heterocycles. The van der Waals surface area contributed by atoms with E-state index in [9.17, 15) is 4.79 Å². The first-order valence-corrected chi connectivity index (χ1v) is 6.69. The summed E-state index contributed by atoms with van der Waals surface area (Å²) in [7, 11) is 0. The van der Waals surface area contributed by atoms with Gasteiger partial charge in [0, 0.05) is 26.2 Å². The van der Waals surface area contributed by atoms with Crippen LogP contribution < -0.4 is 15.8 Å². The van der Waals surface area contributed by atoms with Crippen LogP contribution in [0.1, 0.15) is 6.42 Å². The fourth-order valence-electron chi connectivity index (χ4n) is 2.22. The number of nitrogens with one attached hydrogen (secondary N) is 1. The number of nitrogens with zero attached hydrogens (tertiary/aromatic N) is 1. The van der Waals surface area contributed by atoms with Crippen molar-refractivity contribution in [2.45, 2.75) is 12.5 Å². The zero-order valence-electron chi connectivity index (χ0n) is 11.0. The van der Waals surface area contributed by atoms with Crippen molar-refractivity contribution in [2.24, 2.45) is 5.73 Å². The van der Waals surface area contributed by atoms with Crippen LogP contribution in [-0.2, 0) is 4.79 Å². The Morgan fingerprint density at radius 3 is 2.95 bits per heavy atom. The predicted molar refractivity (Wildman–Crippen MR) is 74.0 cm³/mol. The molecule has 0 radical (unpaired) electrons. The molecule has 1 atom stereocenters. The van der Waals surface area contributed by atoms with Crippen molar-refractivity contribution in [3.05, 3.63) is 30.3 Å². The molecular weight excluding hydrogens is 242 g/mol. The van der Waals surface area contributed by atoms with E-state index in [-0.39, 0.29) is 11.9 Å². The van der Waals surface area contributed by atoms with E-state index in [4.69, 9.17) is 10.5 Å². The molecule has 0 saturated carbocycles. The summed E-state index contributed by atoms with van der Waals surface area (Å²) in [5.74, 6) is 0.916. The van der Waals surface area contributed by atoms with Gasteiger partial charge in [0.05, 0.1) is 19.1 Å². The molecule has 1 aromatic rings. The Labute approximate surface area is 113 Å². The van der Waals surface area contributed by atoms with Crippen LogP contribution in [0.4, 0.5) is 0 Å². The van der Waals surface area contributed by atoms with Crippen LogP contribution in [0, 0.1) is 0 Å². The molecule has 0 spiro atoms. The number of amides is 1. The van der Waals surface area contributed by atoms with E-state index in [0.29, 0.717) is 19.6 Å². The molecule has 1 aliphatic heterocycles. The number of piperazine rings is 1. The van der Waals surface area contributed by atoms with Gasteiger partial charge in [0.15, 0.2) is 0 Å². The van der Waals surface area contributed by atoms with E-state index in [2.05, 4.69) is 5.32 Å². The minimum absolute atomic E-state index is 0.109. The van der Waals surface area contributed by atoms with Gasteiger partial charge in [-0.1, -0.05) is 18.2 Å². The number of hydrogen-bond donors (Lipinski definition) is 2. The monoisotopic (exact) mass is 263 g/mol. The van der Waals surface area contributed by atoms with Crippen molar-refractivity contribution in [3.63, 3.8) is 0 Å². The summed E-state index contributed by atoms with van der Waals surface area (Å²) < 4.78 is 5.54. The highest BCUT2D eigenvalue weighted by molar-refractivity contribution is 5.76. The van der Waals surface area contributed by atoms with Gasteiger partial charge in [0.2, 0.25) is 5.91 Å². The zero-order chi connectivity index (χ0) is 13.5. The molecule has 3 N–H and O–H groups in total. The second-order valence-corrected chi connectivity index (χ2v) is 4.59. The Morgan fingerprint density at radius 2 is 2.21 bits per heavy atom. The lowest BCUT2D eigenvalue weighted by Crippen LogP contribution is -2.56. The highest BCUT2D eigenvalue weighted by Crippen LogP contribution is 2.10. The average molecular weight is 263 g/mol. The maximum absolute atomic E-state index is 12.1.